The number of hydrogen-bond acceptors (Lipinski definition) is 3. The van der Waals surface area contributed by atoms with Crippen LogP contribution < -0.4 is 16.2 Å². The molecule has 0 radical (unpaired) electrons. The summed E-state index contributed by atoms with van der Waals surface area (Å²) in [6, 6.07) is 18.2. The van der Waals surface area contributed by atoms with E-state index in [1.165, 1.54) is 0 Å². The van der Waals surface area contributed by atoms with Gasteiger partial charge in [0.15, 0.2) is 0 Å². The summed E-state index contributed by atoms with van der Waals surface area (Å²) in [7, 11) is 0. The summed E-state index contributed by atoms with van der Waals surface area (Å²) < 4.78 is 0. The molecule has 6 heteroatoms. The van der Waals surface area contributed by atoms with Gasteiger partial charge in [-0.15, -0.1) is 0 Å². The van der Waals surface area contributed by atoms with Gasteiger partial charge >= 0.3 is 0 Å². The van der Waals surface area contributed by atoms with Crippen LogP contribution in [0.3, 0.4) is 0 Å². The molecule has 4 rings (SSSR count). The normalized spacial score (nSPS) is 13.0. The Morgan fingerprint density at radius 3 is 2.03 bits per heavy atom. The molecule has 0 aromatic heterocycles. The van der Waals surface area contributed by atoms with Crippen molar-refractivity contribution in [2.24, 2.45) is 5.92 Å². The Kier molecular flexibility index (Phi) is 4.99. The molecule has 3 amide bonds. The van der Waals surface area contributed by atoms with Gasteiger partial charge in [0.25, 0.3) is 11.8 Å². The third-order valence-electron chi connectivity index (χ3n) is 5.02. The zero-order chi connectivity index (χ0) is 20.4. The van der Waals surface area contributed by atoms with Crippen LogP contribution in [-0.2, 0) is 4.79 Å². The van der Waals surface area contributed by atoms with Gasteiger partial charge in [-0.2, -0.15) is 0 Å². The van der Waals surface area contributed by atoms with E-state index in [1.54, 1.807) is 24.3 Å². The zero-order valence-electron chi connectivity index (χ0n) is 16.0. The minimum atomic E-state index is -0.496. The maximum atomic E-state index is 12.8. The molecular weight excluding hydrogens is 366 g/mol. The Morgan fingerprint density at radius 1 is 0.793 bits per heavy atom. The number of aryl methyl sites for hydroxylation is 1. The lowest BCUT2D eigenvalue weighted by Crippen LogP contribution is -2.42. The average Bonchev–Trinajstić information content (AvgIpc) is 3.57. The van der Waals surface area contributed by atoms with Crippen molar-refractivity contribution >= 4 is 34.2 Å². The lowest BCUT2D eigenvalue weighted by atomic mass is 10.0. The number of carbonyl (C=O) groups is 3. The molecule has 1 aliphatic rings. The first kappa shape index (κ1) is 18.7. The predicted octanol–water partition coefficient (Wildman–Crippen LogP) is 3.57. The van der Waals surface area contributed by atoms with Gasteiger partial charge in [-0.25, -0.2) is 0 Å². The van der Waals surface area contributed by atoms with Crippen LogP contribution >= 0.6 is 0 Å². The fraction of sp³-hybridized carbons (Fsp3) is 0.174. The first-order valence-electron chi connectivity index (χ1n) is 9.53. The van der Waals surface area contributed by atoms with Crippen molar-refractivity contribution in [3.63, 3.8) is 0 Å². The number of benzene rings is 3. The molecule has 1 saturated carbocycles. The van der Waals surface area contributed by atoms with Gasteiger partial charge in [0.05, 0.1) is 11.3 Å². The molecule has 3 aromatic rings. The van der Waals surface area contributed by atoms with E-state index in [0.29, 0.717) is 16.8 Å². The van der Waals surface area contributed by atoms with E-state index in [-0.39, 0.29) is 11.8 Å². The molecule has 0 saturated heterocycles. The summed E-state index contributed by atoms with van der Waals surface area (Å²) in [4.78, 5) is 37.5. The van der Waals surface area contributed by atoms with Gasteiger partial charge in [0.1, 0.15) is 0 Å². The van der Waals surface area contributed by atoms with Crippen molar-refractivity contribution in [2.45, 2.75) is 19.8 Å². The third-order valence-corrected chi connectivity index (χ3v) is 5.02. The van der Waals surface area contributed by atoms with Gasteiger partial charge in [-0.05, 0) is 54.3 Å². The van der Waals surface area contributed by atoms with Crippen LogP contribution in [0, 0.1) is 12.8 Å². The second kappa shape index (κ2) is 7.75. The summed E-state index contributed by atoms with van der Waals surface area (Å²) in [6.07, 6.45) is 1.74. The maximum Gasteiger partial charge on any atom is 0.271 e. The summed E-state index contributed by atoms with van der Waals surface area (Å²) in [5.74, 6) is -0.971. The summed E-state index contributed by atoms with van der Waals surface area (Å²) in [5, 5.41) is 4.65. The van der Waals surface area contributed by atoms with E-state index in [1.807, 2.05) is 43.3 Å². The molecule has 3 N–H and O–H groups in total. The summed E-state index contributed by atoms with van der Waals surface area (Å²) >= 11 is 0. The van der Waals surface area contributed by atoms with E-state index < -0.39 is 11.8 Å². The van der Waals surface area contributed by atoms with Crippen molar-refractivity contribution < 1.29 is 14.4 Å². The number of rotatable bonds is 4. The molecule has 1 aliphatic carbocycles. The van der Waals surface area contributed by atoms with Crippen molar-refractivity contribution in [1.29, 1.82) is 0 Å². The van der Waals surface area contributed by atoms with Crippen molar-refractivity contribution in [3.8, 4) is 0 Å². The molecule has 0 aliphatic heterocycles. The highest BCUT2D eigenvalue weighted by molar-refractivity contribution is 6.09. The number of fused-ring (bicyclic) bond motifs is 1. The Bertz CT molecular complexity index is 1120. The van der Waals surface area contributed by atoms with Gasteiger partial charge in [0.2, 0.25) is 5.91 Å². The van der Waals surface area contributed by atoms with Gasteiger partial charge < -0.3 is 5.32 Å². The monoisotopic (exact) mass is 387 g/mol. The topological polar surface area (TPSA) is 87.3 Å². The molecule has 3 aromatic carbocycles. The highest BCUT2D eigenvalue weighted by Crippen LogP contribution is 2.31. The Hall–Kier alpha value is -3.67. The second-order valence-corrected chi connectivity index (χ2v) is 7.23. The van der Waals surface area contributed by atoms with Crippen molar-refractivity contribution in [2.75, 3.05) is 5.32 Å². The number of hydrazine groups is 1. The van der Waals surface area contributed by atoms with Gasteiger partial charge in [-0.3, -0.25) is 25.2 Å². The molecule has 0 spiro atoms. The number of carbonyl (C=O) groups excluding carboxylic acids is 3. The van der Waals surface area contributed by atoms with Crippen LogP contribution in [0.25, 0.3) is 10.8 Å². The van der Waals surface area contributed by atoms with E-state index >= 15 is 0 Å². The van der Waals surface area contributed by atoms with Crippen LogP contribution in [0.1, 0.15) is 39.1 Å². The molecular formula is C23H21N3O3. The lowest BCUT2D eigenvalue weighted by Gasteiger charge is -2.14. The molecule has 146 valence electrons. The highest BCUT2D eigenvalue weighted by Gasteiger charge is 2.30. The Balaban J connectivity index is 1.57. The SMILES string of the molecule is Cc1ccccc1C(=O)NNC(=O)c1cc2ccccc2cc1NC(=O)C1CC1. The first-order valence-corrected chi connectivity index (χ1v) is 9.53. The summed E-state index contributed by atoms with van der Waals surface area (Å²) in [6.45, 7) is 1.82. The van der Waals surface area contributed by atoms with E-state index in [9.17, 15) is 14.4 Å². The predicted molar refractivity (Wildman–Crippen MR) is 111 cm³/mol. The molecule has 0 unspecified atom stereocenters. The minimum Gasteiger partial charge on any atom is -0.325 e. The highest BCUT2D eigenvalue weighted by atomic mass is 16.2. The molecule has 0 atom stereocenters. The molecule has 6 nitrogen and oxygen atoms in total. The third kappa shape index (κ3) is 4.11. The van der Waals surface area contributed by atoms with Gasteiger partial charge in [0, 0.05) is 11.5 Å². The van der Waals surface area contributed by atoms with Crippen LogP contribution in [0.2, 0.25) is 0 Å². The van der Waals surface area contributed by atoms with Crippen molar-refractivity contribution in [3.05, 3.63) is 77.4 Å². The zero-order valence-corrected chi connectivity index (χ0v) is 16.0. The summed E-state index contributed by atoms with van der Waals surface area (Å²) in [5.41, 5.74) is 6.92. The lowest BCUT2D eigenvalue weighted by molar-refractivity contribution is -0.117. The van der Waals surface area contributed by atoms with Crippen LogP contribution in [0.4, 0.5) is 5.69 Å². The number of amides is 3. The molecule has 0 bridgehead atoms. The Morgan fingerprint density at radius 2 is 1.38 bits per heavy atom. The fourth-order valence-corrected chi connectivity index (χ4v) is 3.19. The quantitative estimate of drug-likeness (QED) is 0.598. The minimum absolute atomic E-state index is 0.0122. The first-order chi connectivity index (χ1) is 14.0. The number of anilines is 1. The standard InChI is InChI=1S/C23H21N3O3/c1-14-6-2-5-9-18(14)22(28)25-26-23(29)19-12-16-7-3-4-8-17(16)13-20(19)24-21(27)15-10-11-15/h2-9,12-13,15H,10-11H2,1H3,(H,24,27)(H,25,28)(H,26,29). The number of hydrogen-bond donors (Lipinski definition) is 3. The van der Waals surface area contributed by atoms with E-state index in [2.05, 4.69) is 16.2 Å². The second-order valence-electron chi connectivity index (χ2n) is 7.23. The van der Waals surface area contributed by atoms with E-state index in [4.69, 9.17) is 0 Å². The Labute approximate surface area is 168 Å². The van der Waals surface area contributed by atoms with Crippen molar-refractivity contribution in [1.82, 2.24) is 10.9 Å². The number of nitrogens with one attached hydrogen (secondary N) is 3. The van der Waals surface area contributed by atoms with Crippen LogP contribution in [0.5, 0.6) is 0 Å². The smallest absolute Gasteiger partial charge is 0.271 e. The van der Waals surface area contributed by atoms with E-state index in [0.717, 1.165) is 29.2 Å². The van der Waals surface area contributed by atoms with Gasteiger partial charge in [-0.1, -0.05) is 42.5 Å². The average molecular weight is 387 g/mol. The molecule has 29 heavy (non-hydrogen) atoms. The van der Waals surface area contributed by atoms with Crippen LogP contribution in [-0.4, -0.2) is 17.7 Å². The molecule has 1 fully saturated rings. The fourth-order valence-electron chi connectivity index (χ4n) is 3.19. The van der Waals surface area contributed by atoms with Crippen LogP contribution in [0.15, 0.2) is 60.7 Å². The largest absolute Gasteiger partial charge is 0.325 e. The molecule has 0 heterocycles. The maximum absolute atomic E-state index is 12.8.